The summed E-state index contributed by atoms with van der Waals surface area (Å²) in [5.74, 6) is -0.757. The van der Waals surface area contributed by atoms with Gasteiger partial charge in [0.1, 0.15) is 10.7 Å². The fourth-order valence-electron chi connectivity index (χ4n) is 3.36. The smallest absolute Gasteiger partial charge is 0.273 e. The lowest BCUT2D eigenvalue weighted by Crippen LogP contribution is -2.20. The maximum absolute atomic E-state index is 13.0. The summed E-state index contributed by atoms with van der Waals surface area (Å²) in [6, 6.07) is 8.03. The van der Waals surface area contributed by atoms with Gasteiger partial charge in [-0.05, 0) is 56.5 Å². The predicted molar refractivity (Wildman–Crippen MR) is 107 cm³/mol. The van der Waals surface area contributed by atoms with Crippen molar-refractivity contribution in [3.8, 4) is 0 Å². The molecule has 0 radical (unpaired) electrons. The summed E-state index contributed by atoms with van der Waals surface area (Å²) in [7, 11) is 0. The number of rotatable bonds is 5. The van der Waals surface area contributed by atoms with Gasteiger partial charge in [0.25, 0.3) is 11.8 Å². The summed E-state index contributed by atoms with van der Waals surface area (Å²) in [5.41, 5.74) is 9.64. The molecule has 2 aromatic heterocycles. The van der Waals surface area contributed by atoms with Gasteiger partial charge >= 0.3 is 0 Å². The number of benzene rings is 1. The van der Waals surface area contributed by atoms with Crippen molar-refractivity contribution in [2.24, 2.45) is 5.73 Å². The van der Waals surface area contributed by atoms with E-state index in [-0.39, 0.29) is 5.91 Å². The third kappa shape index (κ3) is 3.01. The van der Waals surface area contributed by atoms with E-state index in [0.717, 1.165) is 27.8 Å². The molecule has 0 aliphatic carbocycles. The van der Waals surface area contributed by atoms with Crippen LogP contribution in [0.4, 0.5) is 5.00 Å². The van der Waals surface area contributed by atoms with Crippen LogP contribution >= 0.6 is 11.3 Å². The highest BCUT2D eigenvalue weighted by Gasteiger charge is 2.22. The molecule has 3 N–H and O–H groups in total. The number of amides is 2. The molecule has 0 aliphatic heterocycles. The van der Waals surface area contributed by atoms with E-state index in [1.165, 1.54) is 16.9 Å². The number of nitrogens with one attached hydrogen (secondary N) is 1. The first-order valence-corrected chi connectivity index (χ1v) is 9.52. The van der Waals surface area contributed by atoms with E-state index >= 15 is 0 Å². The largest absolute Gasteiger partial charge is 0.366 e. The summed E-state index contributed by atoms with van der Waals surface area (Å²) in [6.07, 6.45) is 0.949. The fraction of sp³-hybridized carbons (Fsp3) is 0.300. The Bertz CT molecular complexity index is 1010. The zero-order valence-corrected chi connectivity index (χ0v) is 16.3. The van der Waals surface area contributed by atoms with Crippen LogP contribution in [0.5, 0.6) is 0 Å². The first-order valence-electron chi connectivity index (χ1n) is 8.70. The van der Waals surface area contributed by atoms with Crippen molar-refractivity contribution in [3.63, 3.8) is 0 Å². The lowest BCUT2D eigenvalue weighted by Gasteiger charge is -2.09. The lowest BCUT2D eigenvalue weighted by molar-refractivity contribution is 0.100. The van der Waals surface area contributed by atoms with E-state index < -0.39 is 5.91 Å². The summed E-state index contributed by atoms with van der Waals surface area (Å²) < 4.78 is 2.02. The molecule has 26 heavy (non-hydrogen) atoms. The normalized spacial score (nSPS) is 11.1. The van der Waals surface area contributed by atoms with Crippen LogP contribution in [0.15, 0.2) is 24.3 Å². The zero-order valence-electron chi connectivity index (χ0n) is 15.5. The van der Waals surface area contributed by atoms with Crippen LogP contribution in [0.1, 0.15) is 50.7 Å². The molecule has 0 aliphatic rings. The number of thiophene rings is 1. The van der Waals surface area contributed by atoms with Gasteiger partial charge in [-0.15, -0.1) is 11.3 Å². The number of hydrogen-bond acceptors (Lipinski definition) is 3. The van der Waals surface area contributed by atoms with E-state index in [2.05, 4.69) is 30.4 Å². The number of carbonyl (C=O) groups excluding carboxylic acids is 2. The maximum Gasteiger partial charge on any atom is 0.273 e. The van der Waals surface area contributed by atoms with Crippen LogP contribution in [0.25, 0.3) is 10.9 Å². The van der Waals surface area contributed by atoms with Gasteiger partial charge in [0.2, 0.25) is 0 Å². The van der Waals surface area contributed by atoms with E-state index in [4.69, 9.17) is 5.73 Å². The second kappa shape index (κ2) is 6.96. The van der Waals surface area contributed by atoms with Crippen LogP contribution in [0.3, 0.4) is 0 Å². The maximum atomic E-state index is 13.0. The second-order valence-electron chi connectivity index (χ2n) is 6.34. The highest BCUT2D eigenvalue weighted by Crippen LogP contribution is 2.31. The summed E-state index contributed by atoms with van der Waals surface area (Å²) in [5, 5.41) is 4.48. The Balaban J connectivity index is 2.08. The third-order valence-electron chi connectivity index (χ3n) is 4.67. The Kier molecular flexibility index (Phi) is 4.87. The van der Waals surface area contributed by atoms with Gasteiger partial charge in [0.05, 0.1) is 5.56 Å². The number of fused-ring (bicyclic) bond motifs is 1. The van der Waals surface area contributed by atoms with Crippen LogP contribution in [0, 0.1) is 13.8 Å². The summed E-state index contributed by atoms with van der Waals surface area (Å²) in [6.45, 7) is 8.68. The first-order chi connectivity index (χ1) is 12.4. The molecule has 0 unspecified atom stereocenters. The number of aromatic nitrogens is 1. The van der Waals surface area contributed by atoms with Gasteiger partial charge in [0.15, 0.2) is 0 Å². The number of hydrogen-bond donors (Lipinski definition) is 2. The molecule has 5 nitrogen and oxygen atoms in total. The number of anilines is 1. The van der Waals surface area contributed by atoms with Gasteiger partial charge in [-0.3, -0.25) is 9.59 Å². The quantitative estimate of drug-likeness (QED) is 0.705. The first kappa shape index (κ1) is 18.2. The van der Waals surface area contributed by atoms with Crippen molar-refractivity contribution >= 4 is 39.1 Å². The Morgan fingerprint density at radius 3 is 2.54 bits per heavy atom. The van der Waals surface area contributed by atoms with Gasteiger partial charge < -0.3 is 15.6 Å². The van der Waals surface area contributed by atoms with Crippen molar-refractivity contribution in [1.29, 1.82) is 0 Å². The zero-order chi connectivity index (χ0) is 19.0. The Morgan fingerprint density at radius 1 is 1.19 bits per heavy atom. The van der Waals surface area contributed by atoms with Crippen molar-refractivity contribution in [2.75, 3.05) is 5.32 Å². The van der Waals surface area contributed by atoms with E-state index in [1.54, 1.807) is 6.07 Å². The highest BCUT2D eigenvalue weighted by atomic mass is 32.1. The van der Waals surface area contributed by atoms with Gasteiger partial charge in [-0.1, -0.05) is 13.0 Å². The summed E-state index contributed by atoms with van der Waals surface area (Å²) in [4.78, 5) is 25.6. The van der Waals surface area contributed by atoms with Gasteiger partial charge in [-0.2, -0.15) is 0 Å². The Labute approximate surface area is 156 Å². The average molecular weight is 369 g/mol. The topological polar surface area (TPSA) is 77.1 Å². The van der Waals surface area contributed by atoms with Crippen molar-refractivity contribution < 1.29 is 9.59 Å². The SMILES string of the molecule is CCc1ccc2c(c1)c(C)c(C(=O)Nc1sc(C)cc1C(N)=O)n2CC. The van der Waals surface area contributed by atoms with Gasteiger partial charge in [0, 0.05) is 22.3 Å². The number of nitrogens with zero attached hydrogens (tertiary/aromatic N) is 1. The molecule has 1 aromatic carbocycles. The van der Waals surface area contributed by atoms with Crippen molar-refractivity contribution in [1.82, 2.24) is 4.57 Å². The Hall–Kier alpha value is -2.60. The van der Waals surface area contributed by atoms with Crippen molar-refractivity contribution in [3.05, 3.63) is 51.5 Å². The van der Waals surface area contributed by atoms with Crippen LogP contribution in [-0.2, 0) is 13.0 Å². The van der Waals surface area contributed by atoms with Crippen molar-refractivity contribution in [2.45, 2.75) is 40.7 Å². The fourth-order valence-corrected chi connectivity index (χ4v) is 4.28. The number of aryl methyl sites for hydroxylation is 4. The minimum Gasteiger partial charge on any atom is -0.366 e. The molecule has 0 saturated heterocycles. The molecule has 0 atom stereocenters. The average Bonchev–Trinajstić information content (AvgIpc) is 3.11. The van der Waals surface area contributed by atoms with E-state index in [1.807, 2.05) is 25.3 Å². The molecule has 2 amide bonds. The monoisotopic (exact) mass is 369 g/mol. The molecule has 3 rings (SSSR count). The molecule has 6 heteroatoms. The number of primary amides is 1. The third-order valence-corrected chi connectivity index (χ3v) is 5.63. The molecule has 3 aromatic rings. The standard InChI is InChI=1S/C20H23N3O2S/c1-5-13-7-8-16-14(10-13)12(4)17(23(16)6-2)19(25)22-20-15(18(21)24)9-11(3)26-20/h7-10H,5-6H2,1-4H3,(H2,21,24)(H,22,25). The number of carbonyl (C=O) groups is 2. The Morgan fingerprint density at radius 2 is 1.92 bits per heavy atom. The molecule has 0 saturated carbocycles. The van der Waals surface area contributed by atoms with E-state index in [9.17, 15) is 9.59 Å². The van der Waals surface area contributed by atoms with E-state index in [0.29, 0.717) is 22.8 Å². The lowest BCUT2D eigenvalue weighted by atomic mass is 10.1. The predicted octanol–water partition coefficient (Wildman–Crippen LogP) is 4.25. The number of nitrogens with two attached hydrogens (primary N) is 1. The molecule has 2 heterocycles. The molecule has 0 spiro atoms. The van der Waals surface area contributed by atoms with Crippen LogP contribution < -0.4 is 11.1 Å². The molecular formula is C20H23N3O2S. The van der Waals surface area contributed by atoms with Crippen LogP contribution in [-0.4, -0.2) is 16.4 Å². The minimum absolute atomic E-state index is 0.219. The van der Waals surface area contributed by atoms with Gasteiger partial charge in [-0.25, -0.2) is 0 Å². The molecule has 0 fully saturated rings. The van der Waals surface area contributed by atoms with Crippen LogP contribution in [0.2, 0.25) is 0 Å². The minimum atomic E-state index is -0.537. The molecular weight excluding hydrogens is 346 g/mol. The second-order valence-corrected chi connectivity index (χ2v) is 7.60. The molecule has 0 bridgehead atoms. The highest BCUT2D eigenvalue weighted by molar-refractivity contribution is 7.16. The molecule has 136 valence electrons. The summed E-state index contributed by atoms with van der Waals surface area (Å²) >= 11 is 1.36.